The van der Waals surface area contributed by atoms with Gasteiger partial charge in [0.05, 0.1) is 12.5 Å². The predicted octanol–water partition coefficient (Wildman–Crippen LogP) is 2.22. The van der Waals surface area contributed by atoms with Crippen molar-refractivity contribution in [3.05, 3.63) is 53.7 Å². The summed E-state index contributed by atoms with van der Waals surface area (Å²) in [5.74, 6) is 0.289. The molecule has 25 heavy (non-hydrogen) atoms. The Hall–Kier alpha value is -2.89. The van der Waals surface area contributed by atoms with E-state index in [0.29, 0.717) is 24.5 Å². The van der Waals surface area contributed by atoms with Crippen LogP contribution >= 0.6 is 0 Å². The number of hydrogen-bond acceptors (Lipinski definition) is 4. The lowest BCUT2D eigenvalue weighted by Gasteiger charge is -2.39. The molecule has 6 nitrogen and oxygen atoms in total. The van der Waals surface area contributed by atoms with Crippen LogP contribution < -0.4 is 10.1 Å². The number of nitrogens with zero attached hydrogens (tertiary/aromatic N) is 2. The van der Waals surface area contributed by atoms with Gasteiger partial charge in [-0.25, -0.2) is 4.98 Å². The Kier molecular flexibility index (Phi) is 3.67. The third kappa shape index (κ3) is 2.45. The number of hydrogen-bond donors (Lipinski definition) is 1. The van der Waals surface area contributed by atoms with Gasteiger partial charge in [0.2, 0.25) is 11.8 Å². The average molecular weight is 337 g/mol. The molecule has 0 radical (unpaired) electrons. The molecule has 1 atom stereocenters. The Morgan fingerprint density at radius 2 is 2.16 bits per heavy atom. The normalized spacial score (nSPS) is 21.8. The zero-order valence-corrected chi connectivity index (χ0v) is 14.0. The van der Waals surface area contributed by atoms with Gasteiger partial charge in [0.1, 0.15) is 0 Å². The molecule has 1 N–H and O–H groups in total. The highest BCUT2D eigenvalue weighted by atomic mass is 16.5. The second-order valence-electron chi connectivity index (χ2n) is 6.50. The van der Waals surface area contributed by atoms with E-state index in [1.165, 1.54) is 7.11 Å². The molecule has 1 aromatic carbocycles. The van der Waals surface area contributed by atoms with Gasteiger partial charge in [-0.1, -0.05) is 18.2 Å². The number of methoxy groups -OCH3 is 1. The number of ether oxygens (including phenoxy) is 1. The summed E-state index contributed by atoms with van der Waals surface area (Å²) in [6.45, 7) is 1.03. The number of aromatic nitrogens is 1. The van der Waals surface area contributed by atoms with E-state index in [1.807, 2.05) is 24.3 Å². The lowest BCUT2D eigenvalue weighted by atomic mass is 9.75. The first-order valence-corrected chi connectivity index (χ1v) is 8.34. The first kappa shape index (κ1) is 15.6. The van der Waals surface area contributed by atoms with E-state index in [1.54, 1.807) is 23.2 Å². The first-order valence-electron chi connectivity index (χ1n) is 8.34. The maximum atomic E-state index is 12.9. The molecular weight excluding hydrogens is 318 g/mol. The van der Waals surface area contributed by atoms with Gasteiger partial charge in [-0.2, -0.15) is 0 Å². The summed E-state index contributed by atoms with van der Waals surface area (Å²) >= 11 is 0. The molecule has 6 heteroatoms. The van der Waals surface area contributed by atoms with Crippen LogP contribution in [0.25, 0.3) is 0 Å². The second kappa shape index (κ2) is 5.88. The zero-order chi connectivity index (χ0) is 17.4. The third-order valence-electron chi connectivity index (χ3n) is 5.10. The predicted molar refractivity (Wildman–Crippen MR) is 92.7 cm³/mol. The Balaban J connectivity index is 1.65. The highest BCUT2D eigenvalue weighted by molar-refractivity contribution is 6.07. The van der Waals surface area contributed by atoms with Crippen molar-refractivity contribution >= 4 is 17.5 Å². The largest absolute Gasteiger partial charge is 0.481 e. The van der Waals surface area contributed by atoms with Crippen LogP contribution in [-0.2, 0) is 10.2 Å². The van der Waals surface area contributed by atoms with Crippen molar-refractivity contribution in [2.24, 2.45) is 0 Å². The Morgan fingerprint density at radius 1 is 1.32 bits per heavy atom. The van der Waals surface area contributed by atoms with Gasteiger partial charge >= 0.3 is 0 Å². The lowest BCUT2D eigenvalue weighted by Crippen LogP contribution is -2.51. The summed E-state index contributed by atoms with van der Waals surface area (Å²) in [5.41, 5.74) is 1.72. The lowest BCUT2D eigenvalue weighted by molar-refractivity contribution is -0.122. The van der Waals surface area contributed by atoms with E-state index in [-0.39, 0.29) is 11.8 Å². The van der Waals surface area contributed by atoms with Crippen molar-refractivity contribution in [1.29, 1.82) is 0 Å². The maximum absolute atomic E-state index is 12.9. The average Bonchev–Trinajstić information content (AvgIpc) is 2.93. The quantitative estimate of drug-likeness (QED) is 0.912. The molecule has 1 aromatic heterocycles. The molecule has 4 rings (SSSR count). The summed E-state index contributed by atoms with van der Waals surface area (Å²) in [5, 5.41) is 2.97. The van der Waals surface area contributed by atoms with Crippen LogP contribution in [0.15, 0.2) is 42.6 Å². The second-order valence-corrected chi connectivity index (χ2v) is 6.50. The van der Waals surface area contributed by atoms with Crippen molar-refractivity contribution in [2.45, 2.75) is 18.3 Å². The number of likely N-dealkylation sites (tertiary alicyclic amines) is 1. The van der Waals surface area contributed by atoms with Crippen LogP contribution in [0.4, 0.5) is 5.69 Å². The smallest absolute Gasteiger partial charge is 0.254 e. The molecule has 2 aliphatic heterocycles. The third-order valence-corrected chi connectivity index (χ3v) is 5.10. The van der Waals surface area contributed by atoms with Crippen molar-refractivity contribution in [1.82, 2.24) is 9.88 Å². The Morgan fingerprint density at radius 3 is 3.00 bits per heavy atom. The summed E-state index contributed by atoms with van der Waals surface area (Å²) < 4.78 is 5.10. The molecule has 2 aliphatic rings. The minimum atomic E-state index is -0.651. The molecule has 1 fully saturated rings. The fourth-order valence-corrected chi connectivity index (χ4v) is 3.84. The molecule has 0 bridgehead atoms. The highest BCUT2D eigenvalue weighted by Crippen LogP contribution is 2.43. The fraction of sp³-hybridized carbons (Fsp3) is 0.316. The van der Waals surface area contributed by atoms with Crippen molar-refractivity contribution < 1.29 is 14.3 Å². The van der Waals surface area contributed by atoms with Gasteiger partial charge in [0, 0.05) is 36.6 Å². The van der Waals surface area contributed by atoms with Crippen LogP contribution in [0.3, 0.4) is 0 Å². The van der Waals surface area contributed by atoms with E-state index < -0.39 is 5.41 Å². The number of carbonyl (C=O) groups is 2. The van der Waals surface area contributed by atoms with Crippen LogP contribution in [0, 0.1) is 0 Å². The van der Waals surface area contributed by atoms with Gasteiger partial charge < -0.3 is 15.0 Å². The van der Waals surface area contributed by atoms with Crippen molar-refractivity contribution in [3.63, 3.8) is 0 Å². The van der Waals surface area contributed by atoms with Gasteiger partial charge in [-0.3, -0.25) is 9.59 Å². The van der Waals surface area contributed by atoms with Gasteiger partial charge in [0.25, 0.3) is 5.91 Å². The van der Waals surface area contributed by atoms with Crippen LogP contribution in [0.2, 0.25) is 0 Å². The van der Waals surface area contributed by atoms with Gasteiger partial charge in [-0.05, 0) is 30.5 Å². The number of anilines is 1. The van der Waals surface area contributed by atoms with Crippen molar-refractivity contribution in [3.8, 4) is 5.88 Å². The number of carbonyl (C=O) groups excluding carboxylic acids is 2. The zero-order valence-electron chi connectivity index (χ0n) is 14.0. The number of nitrogens with one attached hydrogen (secondary N) is 1. The molecule has 128 valence electrons. The van der Waals surface area contributed by atoms with Gasteiger partial charge in [-0.15, -0.1) is 0 Å². The van der Waals surface area contributed by atoms with Crippen LogP contribution in [0.1, 0.15) is 28.8 Å². The van der Waals surface area contributed by atoms with Gasteiger partial charge in [0.15, 0.2) is 0 Å². The number of benzene rings is 1. The maximum Gasteiger partial charge on any atom is 0.254 e. The molecular formula is C19H19N3O3. The number of piperidine rings is 1. The number of fused-ring (bicyclic) bond motifs is 2. The van der Waals surface area contributed by atoms with E-state index >= 15 is 0 Å². The molecule has 1 unspecified atom stereocenters. The molecule has 0 saturated carbocycles. The molecule has 1 saturated heterocycles. The monoisotopic (exact) mass is 337 g/mol. The Bertz CT molecular complexity index is 851. The first-order chi connectivity index (χ1) is 12.1. The van der Waals surface area contributed by atoms with Crippen LogP contribution in [-0.4, -0.2) is 41.9 Å². The molecule has 1 spiro atoms. The summed E-state index contributed by atoms with van der Waals surface area (Å²) in [4.78, 5) is 31.5. The van der Waals surface area contributed by atoms with E-state index in [4.69, 9.17) is 4.74 Å². The molecule has 3 heterocycles. The number of amides is 2. The minimum Gasteiger partial charge on any atom is -0.481 e. The SMILES string of the molecule is COc1cc(C(=O)N2CCCC3(C2)C(=O)Nc2ccccc23)ccn1. The summed E-state index contributed by atoms with van der Waals surface area (Å²) in [6.07, 6.45) is 3.10. The van der Waals surface area contributed by atoms with Crippen LogP contribution in [0.5, 0.6) is 5.88 Å². The highest BCUT2D eigenvalue weighted by Gasteiger charge is 2.49. The topological polar surface area (TPSA) is 71.5 Å². The Labute approximate surface area is 145 Å². The van der Waals surface area contributed by atoms with E-state index in [0.717, 1.165) is 24.1 Å². The van der Waals surface area contributed by atoms with E-state index in [9.17, 15) is 9.59 Å². The molecule has 2 aromatic rings. The number of para-hydroxylation sites is 1. The fourth-order valence-electron chi connectivity index (χ4n) is 3.84. The summed E-state index contributed by atoms with van der Waals surface area (Å²) in [7, 11) is 1.52. The number of pyridine rings is 1. The van der Waals surface area contributed by atoms with Crippen molar-refractivity contribution in [2.75, 3.05) is 25.5 Å². The minimum absolute atomic E-state index is 0.0153. The molecule has 0 aliphatic carbocycles. The summed E-state index contributed by atoms with van der Waals surface area (Å²) in [6, 6.07) is 11.1. The van der Waals surface area contributed by atoms with E-state index in [2.05, 4.69) is 10.3 Å². The molecule has 2 amide bonds. The standard InChI is InChI=1S/C19H19N3O3/c1-25-16-11-13(7-9-20-16)17(23)22-10-4-8-19(12-22)14-5-2-3-6-15(14)21-18(19)24/h2-3,5-7,9,11H,4,8,10,12H2,1H3,(H,21,24). The number of rotatable bonds is 2.